The van der Waals surface area contributed by atoms with Gasteiger partial charge in [0.25, 0.3) is 0 Å². The summed E-state index contributed by atoms with van der Waals surface area (Å²) in [5.41, 5.74) is 16.4. The Labute approximate surface area is 296 Å². The number of aromatic amines is 2. The van der Waals surface area contributed by atoms with Crippen LogP contribution < -0.4 is 0 Å². The summed E-state index contributed by atoms with van der Waals surface area (Å²) in [6.07, 6.45) is 7.90. The van der Waals surface area contributed by atoms with E-state index in [-0.39, 0.29) is 0 Å². The van der Waals surface area contributed by atoms with E-state index in [1.165, 1.54) is 0 Å². The van der Waals surface area contributed by atoms with E-state index in [0.29, 0.717) is 0 Å². The molecule has 0 radical (unpaired) electrons. The summed E-state index contributed by atoms with van der Waals surface area (Å²) in [5.74, 6) is 0. The third-order valence-corrected chi connectivity index (χ3v) is 9.62. The molecule has 9 rings (SSSR count). The number of hydrogen-bond acceptors (Lipinski definition) is 3. The molecule has 0 fully saturated rings. The zero-order valence-electron chi connectivity index (χ0n) is 28.0. The molecule has 7 aromatic rings. The lowest BCUT2D eigenvalue weighted by molar-refractivity contribution is 0.199. The first-order valence-electron chi connectivity index (χ1n) is 17.2. The van der Waals surface area contributed by atoms with Crippen molar-refractivity contribution in [3.05, 3.63) is 168 Å². The Kier molecular flexibility index (Phi) is 7.60. The van der Waals surface area contributed by atoms with Crippen LogP contribution in [0.4, 0.5) is 0 Å². The lowest BCUT2D eigenvalue weighted by Crippen LogP contribution is -1.92. The quantitative estimate of drug-likeness (QED) is 0.172. The van der Waals surface area contributed by atoms with E-state index in [1.807, 2.05) is 30.3 Å². The Bertz CT molecular complexity index is 2590. The van der Waals surface area contributed by atoms with Crippen LogP contribution in [0.25, 0.3) is 90.9 Å². The predicted molar refractivity (Wildman–Crippen MR) is 211 cm³/mol. The minimum absolute atomic E-state index is 0.555. The fraction of sp³-hybridized carbons (Fsp3) is 0.0435. The molecule has 3 N–H and O–H groups in total. The fourth-order valence-corrected chi connectivity index (χ4v) is 7.16. The van der Waals surface area contributed by atoms with E-state index in [0.717, 1.165) is 94.9 Å². The van der Waals surface area contributed by atoms with Gasteiger partial charge in [-0.3, -0.25) is 0 Å². The molecule has 5 nitrogen and oxygen atoms in total. The number of rotatable bonds is 5. The van der Waals surface area contributed by atoms with Gasteiger partial charge in [-0.1, -0.05) is 115 Å². The molecule has 1 atom stereocenters. The molecular formula is C46H34N4O. The first kappa shape index (κ1) is 30.5. The smallest absolute Gasteiger partial charge is 0.0761 e. The number of aromatic nitrogens is 4. The van der Waals surface area contributed by atoms with Crippen LogP contribution in [-0.4, -0.2) is 25.0 Å². The Morgan fingerprint density at radius 2 is 0.686 bits per heavy atom. The highest BCUT2D eigenvalue weighted by molar-refractivity contribution is 5.99. The van der Waals surface area contributed by atoms with Gasteiger partial charge in [0, 0.05) is 44.3 Å². The van der Waals surface area contributed by atoms with Crippen LogP contribution in [0.3, 0.4) is 0 Å². The molecule has 4 aromatic carbocycles. The van der Waals surface area contributed by atoms with Crippen LogP contribution in [0.5, 0.6) is 0 Å². The van der Waals surface area contributed by atoms with Crippen molar-refractivity contribution in [1.29, 1.82) is 0 Å². The number of aliphatic hydroxyl groups excluding tert-OH is 1. The summed E-state index contributed by atoms with van der Waals surface area (Å²) < 4.78 is 0. The third-order valence-electron chi connectivity index (χ3n) is 9.62. The lowest BCUT2D eigenvalue weighted by atomic mass is 10.0. The molecule has 51 heavy (non-hydrogen) atoms. The van der Waals surface area contributed by atoms with Crippen molar-refractivity contribution in [2.75, 3.05) is 0 Å². The Morgan fingerprint density at radius 1 is 0.392 bits per heavy atom. The number of hydrogen-bond donors (Lipinski definition) is 3. The summed E-state index contributed by atoms with van der Waals surface area (Å²) in [5, 5.41) is 10.3. The van der Waals surface area contributed by atoms with Crippen LogP contribution in [0.15, 0.2) is 140 Å². The molecule has 0 aliphatic carbocycles. The van der Waals surface area contributed by atoms with Crippen LogP contribution in [-0.2, 0) is 0 Å². The summed E-state index contributed by atoms with van der Waals surface area (Å²) >= 11 is 0. The van der Waals surface area contributed by atoms with Crippen molar-refractivity contribution < 1.29 is 5.11 Å². The van der Waals surface area contributed by atoms with Gasteiger partial charge in [-0.25, -0.2) is 9.97 Å². The minimum Gasteiger partial charge on any atom is -0.389 e. The van der Waals surface area contributed by atoms with Crippen LogP contribution >= 0.6 is 0 Å². The molecule has 244 valence electrons. The second-order valence-electron chi connectivity index (χ2n) is 12.9. The van der Waals surface area contributed by atoms with E-state index >= 15 is 0 Å². The van der Waals surface area contributed by atoms with Gasteiger partial charge in [0.05, 0.1) is 28.9 Å². The molecule has 2 aliphatic rings. The number of H-pyrrole nitrogens is 2. The minimum atomic E-state index is -0.555. The first-order chi connectivity index (χ1) is 25.1. The molecule has 0 saturated carbocycles. The topological polar surface area (TPSA) is 77.6 Å². The van der Waals surface area contributed by atoms with E-state index < -0.39 is 6.10 Å². The van der Waals surface area contributed by atoms with Crippen molar-refractivity contribution in [3.8, 4) is 44.5 Å². The van der Waals surface area contributed by atoms with Crippen molar-refractivity contribution in [3.63, 3.8) is 0 Å². The number of fused-ring (bicyclic) bond motifs is 8. The molecular weight excluding hydrogens is 625 g/mol. The van der Waals surface area contributed by atoms with E-state index in [1.54, 1.807) is 6.92 Å². The molecule has 8 bridgehead atoms. The number of nitrogens with one attached hydrogen (secondary N) is 2. The van der Waals surface area contributed by atoms with Gasteiger partial charge in [-0.05, 0) is 83.3 Å². The lowest BCUT2D eigenvalue weighted by Gasteiger charge is -2.08. The summed E-state index contributed by atoms with van der Waals surface area (Å²) in [6.45, 7) is 1.79. The van der Waals surface area contributed by atoms with E-state index in [4.69, 9.17) is 9.97 Å². The first-order valence-corrected chi connectivity index (χ1v) is 17.2. The molecule has 3 aromatic heterocycles. The third kappa shape index (κ3) is 5.60. The second kappa shape index (κ2) is 12.7. The van der Waals surface area contributed by atoms with Gasteiger partial charge in [-0.15, -0.1) is 0 Å². The van der Waals surface area contributed by atoms with Gasteiger partial charge in [0.2, 0.25) is 0 Å². The number of benzene rings is 4. The molecule has 5 heterocycles. The van der Waals surface area contributed by atoms with Crippen LogP contribution in [0, 0.1) is 0 Å². The van der Waals surface area contributed by atoms with Crippen LogP contribution in [0.1, 0.15) is 41.4 Å². The summed E-state index contributed by atoms with van der Waals surface area (Å²) in [6, 6.07) is 48.0. The van der Waals surface area contributed by atoms with Gasteiger partial charge in [-0.2, -0.15) is 0 Å². The van der Waals surface area contributed by atoms with E-state index in [2.05, 4.69) is 143 Å². The Hall–Kier alpha value is -6.56. The highest BCUT2D eigenvalue weighted by Crippen LogP contribution is 2.38. The molecule has 5 heteroatoms. The maximum absolute atomic E-state index is 10.3. The highest BCUT2D eigenvalue weighted by Gasteiger charge is 2.19. The van der Waals surface area contributed by atoms with Gasteiger partial charge < -0.3 is 15.1 Å². The van der Waals surface area contributed by atoms with Crippen molar-refractivity contribution in [1.82, 2.24) is 19.9 Å². The largest absolute Gasteiger partial charge is 0.389 e. The average Bonchev–Trinajstić information content (AvgIpc) is 4.01. The van der Waals surface area contributed by atoms with Gasteiger partial charge in [0.15, 0.2) is 0 Å². The highest BCUT2D eigenvalue weighted by atomic mass is 16.3. The van der Waals surface area contributed by atoms with Crippen molar-refractivity contribution in [2.45, 2.75) is 13.0 Å². The fourth-order valence-electron chi connectivity index (χ4n) is 7.16. The normalized spacial score (nSPS) is 12.7. The standard InChI is InChI=1S/C46H34N4O/c1-29(51)30-17-19-34(20-18-30)46-41-27-25-39(49-41)44(32-13-7-3-8-14-32)37-23-21-35(47-37)43(31-11-5-2-6-12-31)36-22-24-38(48-36)45(33-15-9-4-10-16-33)40-26-28-42(46)50-40/h2-29,47,50-51H,1H3. The molecule has 1 unspecified atom stereocenters. The number of nitrogens with zero attached hydrogens (tertiary/aromatic N) is 2. The average molecular weight is 659 g/mol. The zero-order valence-corrected chi connectivity index (χ0v) is 28.0. The molecule has 0 spiro atoms. The molecule has 0 saturated heterocycles. The summed E-state index contributed by atoms with van der Waals surface area (Å²) in [4.78, 5) is 18.3. The van der Waals surface area contributed by atoms with Gasteiger partial charge in [0.1, 0.15) is 0 Å². The Balaban J connectivity index is 1.46. The predicted octanol–water partition coefficient (Wildman–Crippen LogP) is 11.4. The SMILES string of the molecule is CC(O)c1ccc(-c2c3nc(c(-c4ccccc4)c4ccc([nH]4)c(-c4ccccc4)c4nc(c(-c5ccccc5)c5ccc2[nH]5)C=C4)C=C3)cc1. The summed E-state index contributed by atoms with van der Waals surface area (Å²) in [7, 11) is 0. The van der Waals surface area contributed by atoms with Crippen LogP contribution in [0.2, 0.25) is 0 Å². The number of aliphatic hydroxyl groups is 1. The van der Waals surface area contributed by atoms with E-state index in [9.17, 15) is 5.11 Å². The van der Waals surface area contributed by atoms with Gasteiger partial charge >= 0.3 is 0 Å². The maximum Gasteiger partial charge on any atom is 0.0761 e. The maximum atomic E-state index is 10.3. The molecule has 2 aliphatic heterocycles. The van der Waals surface area contributed by atoms with Crippen molar-refractivity contribution in [2.24, 2.45) is 0 Å². The Morgan fingerprint density at radius 3 is 0.980 bits per heavy atom. The molecule has 0 amide bonds. The monoisotopic (exact) mass is 658 g/mol. The second-order valence-corrected chi connectivity index (χ2v) is 12.9. The zero-order chi connectivity index (χ0) is 34.3. The van der Waals surface area contributed by atoms with Crippen molar-refractivity contribution >= 4 is 46.4 Å².